The lowest BCUT2D eigenvalue weighted by molar-refractivity contribution is -0.605. The summed E-state index contributed by atoms with van der Waals surface area (Å²) >= 11 is 14.0. The second kappa shape index (κ2) is 17.4. The van der Waals surface area contributed by atoms with Crippen molar-refractivity contribution in [1.29, 1.82) is 0 Å². The highest BCUT2D eigenvalue weighted by atomic mass is 35.5. The van der Waals surface area contributed by atoms with Gasteiger partial charge in [0, 0.05) is 28.8 Å². The van der Waals surface area contributed by atoms with Gasteiger partial charge in [-0.2, -0.15) is 13.5 Å². The Morgan fingerprint density at radius 2 is 1.67 bits per heavy atom. The number of thiophene rings is 1. The molecule has 10 nitrogen and oxygen atoms in total. The molecule has 0 spiro atoms. The molecule has 1 aliphatic carbocycles. The number of aromatic nitrogens is 1. The lowest BCUT2D eigenvalue weighted by atomic mass is 9.73. The molecule has 1 saturated carbocycles. The zero-order valence-corrected chi connectivity index (χ0v) is 32.2. The van der Waals surface area contributed by atoms with E-state index in [4.69, 9.17) is 42.1 Å². The second-order valence-corrected chi connectivity index (χ2v) is 16.4. The van der Waals surface area contributed by atoms with E-state index in [1.165, 1.54) is 29.5 Å². The van der Waals surface area contributed by atoms with Crippen LogP contribution in [0.1, 0.15) is 75.5 Å². The molecule has 4 aromatic rings. The summed E-state index contributed by atoms with van der Waals surface area (Å²) in [5.74, 6) is -0.761. The molecule has 292 valence electrons. The average Bonchev–Trinajstić information content (AvgIpc) is 3.89. The van der Waals surface area contributed by atoms with E-state index in [-0.39, 0.29) is 50.8 Å². The van der Waals surface area contributed by atoms with Gasteiger partial charge in [-0.3, -0.25) is 5.32 Å². The number of hydrogen-bond donors (Lipinski definition) is 1. The van der Waals surface area contributed by atoms with Crippen LogP contribution in [-0.4, -0.2) is 56.3 Å². The third kappa shape index (κ3) is 10.1. The maximum Gasteiger partial charge on any atom is 0.387 e. The number of rotatable bonds is 17. The van der Waals surface area contributed by atoms with Crippen molar-refractivity contribution >= 4 is 46.5 Å². The Labute approximate surface area is 331 Å². The van der Waals surface area contributed by atoms with E-state index < -0.39 is 24.7 Å². The van der Waals surface area contributed by atoms with Gasteiger partial charge in [0.2, 0.25) is 0 Å². The lowest BCUT2D eigenvalue weighted by Crippen LogP contribution is -2.50. The molecule has 2 bridgehead atoms. The molecule has 0 amide bonds. The molecular formula is C40H41Cl2F2N3O7S. The van der Waals surface area contributed by atoms with Crippen molar-refractivity contribution in [2.24, 2.45) is 11.3 Å². The van der Waals surface area contributed by atoms with Gasteiger partial charge in [0.25, 0.3) is 0 Å². The van der Waals surface area contributed by atoms with Crippen molar-refractivity contribution in [3.8, 4) is 11.5 Å². The number of nitrogens with zero attached hydrogens (tertiary/aromatic N) is 2. The Kier molecular flexibility index (Phi) is 12.4. The third-order valence-electron chi connectivity index (χ3n) is 10.5. The van der Waals surface area contributed by atoms with Crippen molar-refractivity contribution in [3.05, 3.63) is 115 Å². The molecule has 55 heavy (non-hydrogen) atoms. The van der Waals surface area contributed by atoms with Gasteiger partial charge in [-0.15, -0.1) is 11.3 Å². The molecule has 2 atom stereocenters. The van der Waals surface area contributed by atoms with Crippen molar-refractivity contribution in [1.82, 2.24) is 10.2 Å². The number of ether oxygens (including phenoxy) is 4. The highest BCUT2D eigenvalue weighted by Crippen LogP contribution is 2.41. The number of halogens is 4. The molecule has 3 saturated heterocycles. The molecule has 5 heterocycles. The van der Waals surface area contributed by atoms with Gasteiger partial charge in [0.05, 0.1) is 13.2 Å². The summed E-state index contributed by atoms with van der Waals surface area (Å²) in [5, 5.41) is 15.4. The summed E-state index contributed by atoms with van der Waals surface area (Å²) in [6.07, 6.45) is 6.25. The molecule has 2 unspecified atom stereocenters. The van der Waals surface area contributed by atoms with Gasteiger partial charge in [-0.05, 0) is 93.0 Å². The van der Waals surface area contributed by atoms with Gasteiger partial charge in [-0.1, -0.05) is 59.6 Å². The molecule has 2 aromatic heterocycles. The third-order valence-corrected chi connectivity index (χ3v) is 12.2. The monoisotopic (exact) mass is 815 g/mol. The molecule has 4 aliphatic rings. The van der Waals surface area contributed by atoms with Crippen LogP contribution in [0.3, 0.4) is 0 Å². The number of carbonyl (C=O) groups is 2. The summed E-state index contributed by atoms with van der Waals surface area (Å²) in [6, 6.07) is 16.4. The molecule has 0 radical (unpaired) electrons. The highest BCUT2D eigenvalue weighted by molar-refractivity contribution is 7.13. The van der Waals surface area contributed by atoms with E-state index in [2.05, 4.69) is 10.2 Å². The number of hydrogen-bond acceptors (Lipinski definition) is 10. The number of nitrogens with one attached hydrogen (secondary N) is 1. The number of pyridine rings is 1. The quantitative estimate of drug-likeness (QED) is 0.0643. The van der Waals surface area contributed by atoms with Crippen molar-refractivity contribution in [3.63, 3.8) is 0 Å². The molecule has 1 N–H and O–H groups in total. The van der Waals surface area contributed by atoms with Crippen LogP contribution in [0.25, 0.3) is 0 Å². The van der Waals surface area contributed by atoms with Crippen LogP contribution in [0.5, 0.6) is 11.5 Å². The van der Waals surface area contributed by atoms with Crippen LogP contribution in [0.15, 0.2) is 73.1 Å². The van der Waals surface area contributed by atoms with Crippen LogP contribution in [-0.2, 0) is 27.2 Å². The Morgan fingerprint density at radius 3 is 2.35 bits per heavy atom. The fourth-order valence-electron chi connectivity index (χ4n) is 7.04. The summed E-state index contributed by atoms with van der Waals surface area (Å²) in [6.45, 7) is 1.03. The fraction of sp³-hybridized carbons (Fsp3) is 0.425. The zero-order valence-electron chi connectivity index (χ0n) is 29.9. The highest BCUT2D eigenvalue weighted by Gasteiger charge is 2.41. The molecule has 15 heteroatoms. The fourth-order valence-corrected chi connectivity index (χ4v) is 8.48. The smallest absolute Gasteiger partial charge is 0.387 e. The molecule has 2 aromatic carbocycles. The number of alkyl halides is 2. The van der Waals surface area contributed by atoms with Gasteiger partial charge in [-0.25, -0.2) is 9.59 Å². The first-order valence-electron chi connectivity index (χ1n) is 18.3. The van der Waals surface area contributed by atoms with Gasteiger partial charge < -0.3 is 29.1 Å². The summed E-state index contributed by atoms with van der Waals surface area (Å²) in [4.78, 5) is 30.9. The Morgan fingerprint density at radius 1 is 0.964 bits per heavy atom. The molecule has 3 aliphatic heterocycles. The second-order valence-electron chi connectivity index (χ2n) is 14.4. The number of esters is 2. The minimum atomic E-state index is -3.07. The maximum absolute atomic E-state index is 13.8. The average molecular weight is 817 g/mol. The number of piperidine rings is 3. The van der Waals surface area contributed by atoms with E-state index in [0.29, 0.717) is 35.0 Å². The van der Waals surface area contributed by atoms with Gasteiger partial charge in [0.15, 0.2) is 23.9 Å². The predicted molar refractivity (Wildman–Crippen MR) is 203 cm³/mol. The first-order valence-corrected chi connectivity index (χ1v) is 19.9. The molecule has 8 rings (SSSR count). The molecule has 4 fully saturated rings. The van der Waals surface area contributed by atoms with E-state index >= 15 is 0 Å². The van der Waals surface area contributed by atoms with Crippen molar-refractivity contribution < 1.29 is 42.0 Å². The van der Waals surface area contributed by atoms with E-state index in [1.807, 2.05) is 30.3 Å². The van der Waals surface area contributed by atoms with Crippen LogP contribution < -0.4 is 19.5 Å². The Bertz CT molecular complexity index is 1940. The number of carbonyl (C=O) groups excluding carboxylic acids is 2. The maximum atomic E-state index is 13.8. The van der Waals surface area contributed by atoms with Crippen molar-refractivity contribution in [2.45, 2.75) is 63.8 Å². The Hall–Kier alpha value is -4.01. The number of benzene rings is 2. The minimum Gasteiger partial charge on any atom is -0.619 e. The van der Waals surface area contributed by atoms with E-state index in [9.17, 15) is 23.6 Å². The summed E-state index contributed by atoms with van der Waals surface area (Å²) in [5.41, 5.74) is 1.57. The predicted octanol–water partition coefficient (Wildman–Crippen LogP) is 8.08. The van der Waals surface area contributed by atoms with E-state index in [1.54, 1.807) is 12.1 Å². The zero-order chi connectivity index (χ0) is 38.5. The van der Waals surface area contributed by atoms with Crippen LogP contribution in [0.2, 0.25) is 10.0 Å². The van der Waals surface area contributed by atoms with Crippen LogP contribution in [0, 0.1) is 16.5 Å². The molecular weight excluding hydrogens is 775 g/mol. The standard InChI is InChI=1S/C40H41Cl2F2N3O7S/c41-30-21-47(50)22-31(42)29(30)19-33(27-8-10-32(54-39(43)44)34(18-27)51-23-25-6-7-25)53-37(48)35-11-9-28(55-35)20-45-36(26-4-2-1-3-5-26)38(49)52-24-40-12-15-46(16-13-40)17-14-40/h1-5,8-11,18,21-22,25,33,36,39,45H,6-7,12-17,19-20,23-24H2. The first kappa shape index (κ1) is 39.2. The normalized spacial score (nSPS) is 20.2. The van der Waals surface area contributed by atoms with Crippen molar-refractivity contribution in [2.75, 3.05) is 32.8 Å². The summed E-state index contributed by atoms with van der Waals surface area (Å²) in [7, 11) is 0. The lowest BCUT2D eigenvalue weighted by Gasteiger charge is -2.48. The first-order chi connectivity index (χ1) is 26.5. The SMILES string of the molecule is O=C(OC(Cc1c(Cl)c[n+]([O-])cc1Cl)c1ccc(OC(F)F)c(OCC2CC2)c1)c1ccc(CNC(C(=O)OCC23CCN(CC2)CC3)c2ccccc2)s1. The number of fused-ring (bicyclic) bond motifs is 3. The summed E-state index contributed by atoms with van der Waals surface area (Å²) < 4.78 is 49.7. The van der Waals surface area contributed by atoms with Crippen LogP contribution >= 0.6 is 34.5 Å². The minimum absolute atomic E-state index is 0.0362. The Balaban J connectivity index is 1.07. The van der Waals surface area contributed by atoms with E-state index in [0.717, 1.165) is 74.6 Å². The topological polar surface area (TPSA) is 113 Å². The largest absolute Gasteiger partial charge is 0.619 e. The van der Waals surface area contributed by atoms with Crippen LogP contribution in [0.4, 0.5) is 8.78 Å². The van der Waals surface area contributed by atoms with Gasteiger partial charge in [0.1, 0.15) is 27.1 Å². The van der Waals surface area contributed by atoms with Gasteiger partial charge >= 0.3 is 18.6 Å².